The van der Waals surface area contributed by atoms with Gasteiger partial charge in [0.15, 0.2) is 15.4 Å². The van der Waals surface area contributed by atoms with E-state index in [1.807, 2.05) is 0 Å². The second-order valence-electron chi connectivity index (χ2n) is 7.11. The van der Waals surface area contributed by atoms with Crippen molar-refractivity contribution in [3.8, 4) is 6.07 Å². The molecule has 1 aromatic heterocycles. The summed E-state index contributed by atoms with van der Waals surface area (Å²) in [4.78, 5) is 12.0. The molecule has 1 aliphatic carbocycles. The Kier molecular flexibility index (Phi) is 4.58. The Hall–Kier alpha value is -1.95. The number of carbonyl (C=O) groups is 1. The van der Waals surface area contributed by atoms with Crippen LogP contribution in [0, 0.1) is 23.2 Å². The van der Waals surface area contributed by atoms with Crippen LogP contribution in [0.5, 0.6) is 0 Å². The lowest BCUT2D eigenvalue weighted by Gasteiger charge is -2.33. The second-order valence-corrected chi connectivity index (χ2v) is 9.41. The zero-order valence-corrected chi connectivity index (χ0v) is 14.8. The Morgan fingerprint density at radius 2 is 1.88 bits per heavy atom. The summed E-state index contributed by atoms with van der Waals surface area (Å²) in [6, 6.07) is 2.21. The Morgan fingerprint density at radius 3 is 2.44 bits per heavy atom. The van der Waals surface area contributed by atoms with Crippen molar-refractivity contribution in [3.63, 3.8) is 0 Å². The minimum absolute atomic E-state index is 0.0370. The van der Waals surface area contributed by atoms with Crippen LogP contribution in [-0.4, -0.2) is 40.8 Å². The van der Waals surface area contributed by atoms with E-state index in [2.05, 4.69) is 16.4 Å². The number of hydrogen-bond acceptors (Lipinski definition) is 6. The first-order valence-electron chi connectivity index (χ1n) is 8.51. The summed E-state index contributed by atoms with van der Waals surface area (Å²) in [5, 5.41) is 17.8. The molecule has 0 spiro atoms. The number of carbonyl (C=O) groups excluding carboxylic acids is 1. The zero-order chi connectivity index (χ0) is 18.1. The second kappa shape index (κ2) is 6.41. The van der Waals surface area contributed by atoms with Crippen LogP contribution >= 0.6 is 0 Å². The highest BCUT2D eigenvalue weighted by Crippen LogP contribution is 2.40. The number of rotatable bonds is 4. The molecular weight excluding hydrogens is 342 g/mol. The van der Waals surface area contributed by atoms with Crippen LogP contribution in [-0.2, 0) is 20.2 Å². The van der Waals surface area contributed by atoms with Gasteiger partial charge in [0.1, 0.15) is 0 Å². The first-order chi connectivity index (χ1) is 11.8. The van der Waals surface area contributed by atoms with Gasteiger partial charge in [0.05, 0.1) is 34.9 Å². The monoisotopic (exact) mass is 364 g/mol. The number of sulfone groups is 1. The summed E-state index contributed by atoms with van der Waals surface area (Å²) in [7, 11) is -3.09. The Morgan fingerprint density at radius 1 is 1.24 bits per heavy atom. The van der Waals surface area contributed by atoms with Crippen molar-refractivity contribution in [2.75, 3.05) is 11.5 Å². The van der Waals surface area contributed by atoms with Crippen molar-refractivity contribution < 1.29 is 13.2 Å². The molecule has 1 aliphatic heterocycles. The van der Waals surface area contributed by atoms with E-state index in [0.717, 1.165) is 19.3 Å². The first kappa shape index (κ1) is 17.9. The van der Waals surface area contributed by atoms with Gasteiger partial charge in [-0.2, -0.15) is 5.26 Å². The molecule has 2 heterocycles. The summed E-state index contributed by atoms with van der Waals surface area (Å²) in [6.07, 6.45) is 8.12. The Labute approximate surface area is 147 Å². The van der Waals surface area contributed by atoms with Crippen LogP contribution in [0.3, 0.4) is 0 Å². The lowest BCUT2D eigenvalue weighted by atomic mass is 9.70. The lowest BCUT2D eigenvalue weighted by Crippen LogP contribution is -2.41. The lowest BCUT2D eigenvalue weighted by molar-refractivity contribution is -0.127. The molecule has 1 radical (unpaired) electrons. The molecule has 8 nitrogen and oxygen atoms in total. The third kappa shape index (κ3) is 3.40. The van der Waals surface area contributed by atoms with Gasteiger partial charge in [-0.25, -0.2) is 13.1 Å². The molecule has 1 saturated heterocycles. The minimum atomic E-state index is -3.09. The van der Waals surface area contributed by atoms with E-state index in [1.165, 1.54) is 4.68 Å². The molecule has 25 heavy (non-hydrogen) atoms. The summed E-state index contributed by atoms with van der Waals surface area (Å²) in [5.74, 6) is -0.435. The molecule has 2 aliphatic rings. The maximum atomic E-state index is 12.0. The van der Waals surface area contributed by atoms with Gasteiger partial charge in [0, 0.05) is 6.42 Å². The fourth-order valence-electron chi connectivity index (χ4n) is 3.75. The van der Waals surface area contributed by atoms with Crippen molar-refractivity contribution in [1.82, 2.24) is 15.0 Å². The van der Waals surface area contributed by atoms with Crippen LogP contribution in [0.2, 0.25) is 0 Å². The highest BCUT2D eigenvalue weighted by molar-refractivity contribution is 7.91. The van der Waals surface area contributed by atoms with Gasteiger partial charge < -0.3 is 5.73 Å². The quantitative estimate of drug-likeness (QED) is 0.836. The molecule has 2 N–H and O–H groups in total. The van der Waals surface area contributed by atoms with Gasteiger partial charge in [-0.05, 0) is 25.7 Å². The predicted molar refractivity (Wildman–Crippen MR) is 89.6 cm³/mol. The number of nitrogens with zero attached hydrogens (tertiary/aromatic N) is 4. The van der Waals surface area contributed by atoms with E-state index < -0.39 is 20.8 Å². The highest BCUT2D eigenvalue weighted by atomic mass is 32.2. The van der Waals surface area contributed by atoms with Gasteiger partial charge in [-0.3, -0.25) is 4.79 Å². The molecule has 9 heteroatoms. The fraction of sp³-hybridized carbons (Fsp3) is 0.688. The SMILES string of the molecule is N#CC1(n2cc([CH]C3(C(N)=O)CCCCC3)nn2)CCS(=O)(=O)CC1. The van der Waals surface area contributed by atoms with Crippen LogP contribution < -0.4 is 5.73 Å². The smallest absolute Gasteiger partial charge is 0.224 e. The number of nitrogens with two attached hydrogens (primary N) is 1. The molecule has 0 aromatic carbocycles. The molecular formula is C16H22N5O3S. The van der Waals surface area contributed by atoms with Crippen molar-refractivity contribution >= 4 is 15.7 Å². The van der Waals surface area contributed by atoms with Crippen molar-refractivity contribution in [2.24, 2.45) is 11.1 Å². The molecule has 3 rings (SSSR count). The third-order valence-electron chi connectivity index (χ3n) is 5.47. The summed E-state index contributed by atoms with van der Waals surface area (Å²) >= 11 is 0. The molecule has 1 amide bonds. The van der Waals surface area contributed by atoms with Gasteiger partial charge in [0.25, 0.3) is 0 Å². The van der Waals surface area contributed by atoms with Crippen LogP contribution in [0.15, 0.2) is 6.20 Å². The minimum Gasteiger partial charge on any atom is -0.369 e. The summed E-state index contributed by atoms with van der Waals surface area (Å²) < 4.78 is 24.8. The van der Waals surface area contributed by atoms with Gasteiger partial charge in [-0.1, -0.05) is 24.5 Å². The van der Waals surface area contributed by atoms with E-state index in [9.17, 15) is 18.5 Å². The summed E-state index contributed by atoms with van der Waals surface area (Å²) in [6.45, 7) is 0. The zero-order valence-electron chi connectivity index (χ0n) is 14.0. The predicted octanol–water partition coefficient (Wildman–Crippen LogP) is 0.694. The first-order valence-corrected chi connectivity index (χ1v) is 10.3. The maximum absolute atomic E-state index is 12.0. The molecule has 2 fully saturated rings. The van der Waals surface area contributed by atoms with E-state index in [4.69, 9.17) is 5.73 Å². The molecule has 0 unspecified atom stereocenters. The molecule has 0 bridgehead atoms. The Bertz CT molecular complexity index is 788. The van der Waals surface area contributed by atoms with Crippen molar-refractivity contribution in [3.05, 3.63) is 18.3 Å². The van der Waals surface area contributed by atoms with E-state index in [0.29, 0.717) is 18.5 Å². The topological polar surface area (TPSA) is 132 Å². The molecule has 0 atom stereocenters. The van der Waals surface area contributed by atoms with Gasteiger partial charge in [-0.15, -0.1) is 5.10 Å². The van der Waals surface area contributed by atoms with E-state index >= 15 is 0 Å². The average Bonchev–Trinajstić information content (AvgIpc) is 3.05. The number of amides is 1. The number of aromatic nitrogens is 3. The fourth-order valence-corrected chi connectivity index (χ4v) is 5.25. The Balaban J connectivity index is 1.82. The van der Waals surface area contributed by atoms with E-state index in [1.54, 1.807) is 12.6 Å². The summed E-state index contributed by atoms with van der Waals surface area (Å²) in [5.41, 5.74) is 4.42. The number of primary amides is 1. The van der Waals surface area contributed by atoms with Crippen LogP contribution in [0.1, 0.15) is 50.6 Å². The third-order valence-corrected chi connectivity index (χ3v) is 7.12. The highest BCUT2D eigenvalue weighted by Gasteiger charge is 2.42. The molecule has 135 valence electrons. The van der Waals surface area contributed by atoms with Crippen LogP contribution in [0.4, 0.5) is 0 Å². The molecule has 1 aromatic rings. The largest absolute Gasteiger partial charge is 0.369 e. The standard InChI is InChI=1S/C16H22N5O3S/c17-12-16(6-8-25(23,24)9-7-16)21-11-13(19-20-21)10-15(14(18)22)4-2-1-3-5-15/h10-11H,1-9H2,(H2,18,22). The van der Waals surface area contributed by atoms with Gasteiger partial charge in [0.2, 0.25) is 5.91 Å². The maximum Gasteiger partial charge on any atom is 0.224 e. The van der Waals surface area contributed by atoms with Crippen LogP contribution in [0.25, 0.3) is 0 Å². The average molecular weight is 364 g/mol. The van der Waals surface area contributed by atoms with E-state index in [-0.39, 0.29) is 30.3 Å². The van der Waals surface area contributed by atoms with Gasteiger partial charge >= 0.3 is 0 Å². The van der Waals surface area contributed by atoms with Crippen molar-refractivity contribution in [1.29, 1.82) is 5.26 Å². The number of hydrogen-bond donors (Lipinski definition) is 1. The number of nitriles is 1. The molecule has 1 saturated carbocycles. The normalized spacial score (nSPS) is 24.3. The van der Waals surface area contributed by atoms with Crippen molar-refractivity contribution in [2.45, 2.75) is 50.5 Å².